The third-order valence-corrected chi connectivity index (χ3v) is 3.01. The molecule has 100 valence electrons. The second kappa shape index (κ2) is 6.03. The van der Waals surface area contributed by atoms with E-state index in [0.717, 1.165) is 16.8 Å². The number of hydrogen-bond acceptors (Lipinski definition) is 2. The van der Waals surface area contributed by atoms with Crippen molar-refractivity contribution in [1.29, 1.82) is 5.26 Å². The van der Waals surface area contributed by atoms with Gasteiger partial charge in [-0.25, -0.2) is 0 Å². The average molecular weight is 264 g/mol. The second-order valence-electron chi connectivity index (χ2n) is 4.84. The van der Waals surface area contributed by atoms with Crippen molar-refractivity contribution in [2.75, 3.05) is 5.32 Å². The molecule has 2 rings (SSSR count). The molecule has 0 radical (unpaired) electrons. The van der Waals surface area contributed by atoms with Crippen LogP contribution in [0.3, 0.4) is 0 Å². The van der Waals surface area contributed by atoms with Gasteiger partial charge in [0.05, 0.1) is 6.07 Å². The number of hydrogen-bond donors (Lipinski definition) is 1. The minimum Gasteiger partial charge on any atom is -0.325 e. The Balaban J connectivity index is 2.20. The highest BCUT2D eigenvalue weighted by molar-refractivity contribution is 5.97. The smallest absolute Gasteiger partial charge is 0.246 e. The maximum atomic E-state index is 12.2. The molecule has 1 N–H and O–H groups in total. The number of benzene rings is 2. The van der Waals surface area contributed by atoms with Gasteiger partial charge in [0, 0.05) is 5.69 Å². The Hall–Kier alpha value is -2.60. The summed E-state index contributed by atoms with van der Waals surface area (Å²) in [6, 6.07) is 17.0. The Kier molecular flexibility index (Phi) is 4.17. The molecule has 20 heavy (non-hydrogen) atoms. The predicted octanol–water partition coefficient (Wildman–Crippen LogP) is 3.55. The van der Waals surface area contributed by atoms with E-state index in [4.69, 9.17) is 0 Å². The van der Waals surface area contributed by atoms with Gasteiger partial charge in [-0.05, 0) is 42.7 Å². The summed E-state index contributed by atoms with van der Waals surface area (Å²) < 4.78 is 0. The van der Waals surface area contributed by atoms with E-state index in [1.807, 2.05) is 50.2 Å². The van der Waals surface area contributed by atoms with Gasteiger partial charge in [0.2, 0.25) is 5.91 Å². The molecule has 0 aliphatic heterocycles. The number of nitriles is 1. The Labute approximate surface area is 118 Å². The quantitative estimate of drug-likeness (QED) is 0.921. The fourth-order valence-corrected chi connectivity index (χ4v) is 2.19. The number of carbonyl (C=O) groups excluding carboxylic acids is 1. The van der Waals surface area contributed by atoms with Gasteiger partial charge < -0.3 is 5.32 Å². The summed E-state index contributed by atoms with van der Waals surface area (Å²) in [6.07, 6.45) is 0. The molecule has 1 atom stereocenters. The lowest BCUT2D eigenvalue weighted by Gasteiger charge is -2.11. The Morgan fingerprint density at radius 1 is 1.10 bits per heavy atom. The summed E-state index contributed by atoms with van der Waals surface area (Å²) in [4.78, 5) is 12.2. The van der Waals surface area contributed by atoms with Gasteiger partial charge in [-0.2, -0.15) is 5.26 Å². The van der Waals surface area contributed by atoms with Gasteiger partial charge in [0.15, 0.2) is 5.92 Å². The molecular weight excluding hydrogens is 248 g/mol. The monoisotopic (exact) mass is 264 g/mol. The molecule has 0 saturated heterocycles. The first-order chi connectivity index (χ1) is 9.60. The maximum absolute atomic E-state index is 12.2. The van der Waals surface area contributed by atoms with Crippen LogP contribution in [0, 0.1) is 25.2 Å². The van der Waals surface area contributed by atoms with Gasteiger partial charge in [-0.1, -0.05) is 36.4 Å². The van der Waals surface area contributed by atoms with Crippen molar-refractivity contribution in [1.82, 2.24) is 0 Å². The Bertz CT molecular complexity index is 636. The van der Waals surface area contributed by atoms with E-state index in [-0.39, 0.29) is 5.91 Å². The van der Waals surface area contributed by atoms with E-state index in [0.29, 0.717) is 5.56 Å². The minimum atomic E-state index is -0.794. The fourth-order valence-electron chi connectivity index (χ4n) is 2.19. The third-order valence-electron chi connectivity index (χ3n) is 3.01. The summed E-state index contributed by atoms with van der Waals surface area (Å²) in [7, 11) is 0. The van der Waals surface area contributed by atoms with Crippen molar-refractivity contribution in [2.45, 2.75) is 19.8 Å². The molecule has 0 aromatic heterocycles. The standard InChI is InChI=1S/C17H16N2O/c1-12-8-13(2)10-15(9-12)19-17(20)16(11-18)14-6-4-3-5-7-14/h3-10,16H,1-2H3,(H,19,20). The first-order valence-corrected chi connectivity index (χ1v) is 6.44. The lowest BCUT2D eigenvalue weighted by atomic mass is 9.99. The van der Waals surface area contributed by atoms with E-state index >= 15 is 0 Å². The maximum Gasteiger partial charge on any atom is 0.246 e. The molecule has 3 nitrogen and oxygen atoms in total. The van der Waals surface area contributed by atoms with E-state index in [2.05, 4.69) is 11.4 Å². The topological polar surface area (TPSA) is 52.9 Å². The Morgan fingerprint density at radius 3 is 2.25 bits per heavy atom. The molecule has 0 heterocycles. The number of nitrogens with zero attached hydrogens (tertiary/aromatic N) is 1. The first kappa shape index (κ1) is 13.8. The number of carbonyl (C=O) groups is 1. The summed E-state index contributed by atoms with van der Waals surface area (Å²) in [5.41, 5.74) is 3.59. The van der Waals surface area contributed by atoms with Crippen LogP contribution in [0.1, 0.15) is 22.6 Å². The molecule has 0 saturated carbocycles. The van der Waals surface area contributed by atoms with Crippen molar-refractivity contribution in [3.63, 3.8) is 0 Å². The van der Waals surface area contributed by atoms with E-state index < -0.39 is 5.92 Å². The lowest BCUT2D eigenvalue weighted by molar-refractivity contribution is -0.116. The SMILES string of the molecule is Cc1cc(C)cc(NC(=O)C(C#N)c2ccccc2)c1. The molecular formula is C17H16N2O. The highest BCUT2D eigenvalue weighted by Crippen LogP contribution is 2.19. The van der Waals surface area contributed by atoms with Gasteiger partial charge in [0.1, 0.15) is 0 Å². The van der Waals surface area contributed by atoms with Gasteiger partial charge >= 0.3 is 0 Å². The van der Waals surface area contributed by atoms with Crippen molar-refractivity contribution < 1.29 is 4.79 Å². The van der Waals surface area contributed by atoms with Crippen LogP contribution in [0.2, 0.25) is 0 Å². The number of amides is 1. The highest BCUT2D eigenvalue weighted by atomic mass is 16.1. The van der Waals surface area contributed by atoms with Crippen molar-refractivity contribution >= 4 is 11.6 Å². The van der Waals surface area contributed by atoms with Gasteiger partial charge in [-0.15, -0.1) is 0 Å². The average Bonchev–Trinajstić information content (AvgIpc) is 2.39. The summed E-state index contributed by atoms with van der Waals surface area (Å²) >= 11 is 0. The van der Waals surface area contributed by atoms with E-state index in [1.54, 1.807) is 12.1 Å². The van der Waals surface area contributed by atoms with Crippen LogP contribution in [0.4, 0.5) is 5.69 Å². The zero-order valence-electron chi connectivity index (χ0n) is 11.6. The van der Waals surface area contributed by atoms with Crippen LogP contribution < -0.4 is 5.32 Å². The summed E-state index contributed by atoms with van der Waals surface area (Å²) in [6.45, 7) is 3.95. The highest BCUT2D eigenvalue weighted by Gasteiger charge is 2.19. The first-order valence-electron chi connectivity index (χ1n) is 6.44. The van der Waals surface area contributed by atoms with Crippen molar-refractivity contribution in [2.24, 2.45) is 0 Å². The molecule has 0 spiro atoms. The minimum absolute atomic E-state index is 0.302. The number of nitrogens with one attached hydrogen (secondary N) is 1. The molecule has 0 fully saturated rings. The van der Waals surface area contributed by atoms with Crippen molar-refractivity contribution in [3.8, 4) is 6.07 Å². The van der Waals surface area contributed by atoms with Crippen molar-refractivity contribution in [3.05, 3.63) is 65.2 Å². The van der Waals surface area contributed by atoms with Crippen LogP contribution in [-0.4, -0.2) is 5.91 Å². The molecule has 0 aliphatic rings. The van der Waals surface area contributed by atoms with Crippen LogP contribution in [-0.2, 0) is 4.79 Å². The molecule has 2 aromatic carbocycles. The molecule has 2 aromatic rings. The molecule has 0 bridgehead atoms. The zero-order chi connectivity index (χ0) is 14.5. The van der Waals surface area contributed by atoms with Gasteiger partial charge in [0.25, 0.3) is 0 Å². The van der Waals surface area contributed by atoms with E-state index in [9.17, 15) is 10.1 Å². The van der Waals surface area contributed by atoms with Crippen LogP contribution in [0.25, 0.3) is 0 Å². The largest absolute Gasteiger partial charge is 0.325 e. The molecule has 1 amide bonds. The third kappa shape index (κ3) is 3.24. The Morgan fingerprint density at radius 2 is 1.70 bits per heavy atom. The zero-order valence-corrected chi connectivity index (χ0v) is 11.6. The predicted molar refractivity (Wildman–Crippen MR) is 79.3 cm³/mol. The number of anilines is 1. The van der Waals surface area contributed by atoms with E-state index in [1.165, 1.54) is 0 Å². The second-order valence-corrected chi connectivity index (χ2v) is 4.84. The summed E-state index contributed by atoms with van der Waals surface area (Å²) in [5.74, 6) is -1.10. The number of aryl methyl sites for hydroxylation is 2. The lowest BCUT2D eigenvalue weighted by Crippen LogP contribution is -2.20. The van der Waals surface area contributed by atoms with Crippen LogP contribution in [0.15, 0.2) is 48.5 Å². The fraction of sp³-hybridized carbons (Fsp3) is 0.176. The molecule has 1 unspecified atom stereocenters. The molecule has 3 heteroatoms. The van der Waals surface area contributed by atoms with Crippen LogP contribution >= 0.6 is 0 Å². The van der Waals surface area contributed by atoms with Crippen LogP contribution in [0.5, 0.6) is 0 Å². The summed E-state index contributed by atoms with van der Waals surface area (Å²) in [5, 5.41) is 12.0. The number of rotatable bonds is 3. The normalized spacial score (nSPS) is 11.4. The molecule has 0 aliphatic carbocycles. The van der Waals surface area contributed by atoms with Gasteiger partial charge in [-0.3, -0.25) is 4.79 Å².